The van der Waals surface area contributed by atoms with Gasteiger partial charge in [0, 0.05) is 30.9 Å². The first-order valence-corrected chi connectivity index (χ1v) is 9.25. The molecule has 1 aromatic rings. The fourth-order valence-electron chi connectivity index (χ4n) is 3.62. The van der Waals surface area contributed by atoms with E-state index in [0.29, 0.717) is 19.5 Å². The Morgan fingerprint density at radius 1 is 1.18 bits per heavy atom. The molecule has 148 valence electrons. The predicted octanol–water partition coefficient (Wildman–Crippen LogP) is 2.69. The van der Waals surface area contributed by atoms with Crippen LogP contribution in [0.5, 0.6) is 0 Å². The molecule has 0 saturated carbocycles. The van der Waals surface area contributed by atoms with Crippen molar-refractivity contribution in [3.05, 3.63) is 60.4 Å². The van der Waals surface area contributed by atoms with E-state index < -0.39 is 23.4 Å². The second kappa shape index (κ2) is 8.29. The standard InChI is InChI=1S/C21H24N2O5/c1-3-28-20(26)22-12-9-21(10-13-22)11-14-23(15-16-7-5-4-6-8-16)18(24)17(21)19(25)27-2/h4-10,12-13,17H,3,11,14-15H2,1-2H3. The highest BCUT2D eigenvalue weighted by Crippen LogP contribution is 2.43. The Labute approximate surface area is 164 Å². The second-order valence-electron chi connectivity index (χ2n) is 6.80. The van der Waals surface area contributed by atoms with Gasteiger partial charge in [-0.05, 0) is 18.9 Å². The molecule has 1 atom stereocenters. The topological polar surface area (TPSA) is 76.2 Å². The maximum atomic E-state index is 13.2. The van der Waals surface area contributed by atoms with E-state index in [1.54, 1.807) is 36.4 Å². The maximum Gasteiger partial charge on any atom is 0.417 e. The first-order chi connectivity index (χ1) is 13.5. The van der Waals surface area contributed by atoms with E-state index in [9.17, 15) is 14.4 Å². The summed E-state index contributed by atoms with van der Waals surface area (Å²) >= 11 is 0. The summed E-state index contributed by atoms with van der Waals surface area (Å²) in [4.78, 5) is 40.6. The highest BCUT2D eigenvalue weighted by molar-refractivity contribution is 6.00. The fourth-order valence-corrected chi connectivity index (χ4v) is 3.62. The first kappa shape index (κ1) is 19.7. The van der Waals surface area contributed by atoms with Crippen molar-refractivity contribution in [1.82, 2.24) is 9.80 Å². The summed E-state index contributed by atoms with van der Waals surface area (Å²) in [5, 5.41) is 0. The number of carbonyl (C=O) groups is 3. The average molecular weight is 384 g/mol. The Morgan fingerprint density at radius 2 is 1.86 bits per heavy atom. The van der Waals surface area contributed by atoms with Gasteiger partial charge in [-0.2, -0.15) is 0 Å². The minimum atomic E-state index is -0.994. The number of benzene rings is 1. The second-order valence-corrected chi connectivity index (χ2v) is 6.80. The summed E-state index contributed by atoms with van der Waals surface area (Å²) in [7, 11) is 1.28. The molecule has 1 fully saturated rings. The van der Waals surface area contributed by atoms with Crippen molar-refractivity contribution in [2.45, 2.75) is 19.9 Å². The van der Waals surface area contributed by atoms with E-state index in [-0.39, 0.29) is 12.5 Å². The van der Waals surface area contributed by atoms with Gasteiger partial charge in [0.1, 0.15) is 5.92 Å². The predicted molar refractivity (Wildman–Crippen MR) is 102 cm³/mol. The summed E-state index contributed by atoms with van der Waals surface area (Å²) in [5.41, 5.74) is 0.180. The summed E-state index contributed by atoms with van der Waals surface area (Å²) < 4.78 is 9.91. The summed E-state index contributed by atoms with van der Waals surface area (Å²) in [5.74, 6) is -1.85. The molecule has 2 aliphatic heterocycles. The average Bonchev–Trinajstić information content (AvgIpc) is 2.71. The number of hydrogen-bond acceptors (Lipinski definition) is 5. The first-order valence-electron chi connectivity index (χ1n) is 9.25. The highest BCUT2D eigenvalue weighted by atomic mass is 16.6. The number of esters is 1. The van der Waals surface area contributed by atoms with Gasteiger partial charge < -0.3 is 14.4 Å². The molecule has 1 saturated heterocycles. The molecule has 1 spiro atoms. The molecule has 2 amide bonds. The molecular weight excluding hydrogens is 360 g/mol. The third-order valence-electron chi connectivity index (χ3n) is 5.13. The fraction of sp³-hybridized carbons (Fsp3) is 0.381. The van der Waals surface area contributed by atoms with Crippen molar-refractivity contribution in [1.29, 1.82) is 0 Å². The zero-order valence-corrected chi connectivity index (χ0v) is 16.0. The Morgan fingerprint density at radius 3 is 2.46 bits per heavy atom. The molecule has 0 radical (unpaired) electrons. The molecule has 1 aromatic carbocycles. The zero-order chi connectivity index (χ0) is 20.1. The Kier molecular flexibility index (Phi) is 5.82. The van der Waals surface area contributed by atoms with E-state index in [2.05, 4.69) is 0 Å². The Hall–Kier alpha value is -3.09. The molecule has 0 aliphatic carbocycles. The lowest BCUT2D eigenvalue weighted by Crippen LogP contribution is -2.53. The van der Waals surface area contributed by atoms with Crippen LogP contribution in [0, 0.1) is 11.3 Å². The van der Waals surface area contributed by atoms with E-state index in [1.807, 2.05) is 30.3 Å². The number of carbonyl (C=O) groups excluding carboxylic acids is 3. The van der Waals surface area contributed by atoms with Crippen LogP contribution in [0.15, 0.2) is 54.9 Å². The van der Waals surface area contributed by atoms with Crippen LogP contribution in [0.3, 0.4) is 0 Å². The van der Waals surface area contributed by atoms with Gasteiger partial charge in [-0.15, -0.1) is 0 Å². The SMILES string of the molecule is CCOC(=O)N1C=CC2(C=C1)CCN(Cc1ccccc1)C(=O)C2C(=O)OC. The van der Waals surface area contributed by atoms with Crippen molar-refractivity contribution in [2.75, 3.05) is 20.3 Å². The molecule has 2 heterocycles. The van der Waals surface area contributed by atoms with Gasteiger partial charge in [-0.1, -0.05) is 42.5 Å². The third-order valence-corrected chi connectivity index (χ3v) is 5.13. The third kappa shape index (κ3) is 3.78. The van der Waals surface area contributed by atoms with Crippen molar-refractivity contribution < 1.29 is 23.9 Å². The van der Waals surface area contributed by atoms with Crippen LogP contribution < -0.4 is 0 Å². The number of piperidine rings is 1. The monoisotopic (exact) mass is 384 g/mol. The number of methoxy groups -OCH3 is 1. The molecular formula is C21H24N2O5. The molecule has 7 nitrogen and oxygen atoms in total. The van der Waals surface area contributed by atoms with Gasteiger partial charge in [0.05, 0.1) is 13.7 Å². The van der Waals surface area contributed by atoms with Gasteiger partial charge >= 0.3 is 12.1 Å². The minimum absolute atomic E-state index is 0.264. The number of ether oxygens (including phenoxy) is 2. The molecule has 1 unspecified atom stereocenters. The van der Waals surface area contributed by atoms with Crippen LogP contribution >= 0.6 is 0 Å². The lowest BCUT2D eigenvalue weighted by atomic mass is 9.68. The number of hydrogen-bond donors (Lipinski definition) is 0. The highest BCUT2D eigenvalue weighted by Gasteiger charge is 2.51. The Bertz CT molecular complexity index is 788. The van der Waals surface area contributed by atoms with Crippen LogP contribution in [0.1, 0.15) is 18.9 Å². The van der Waals surface area contributed by atoms with E-state index in [4.69, 9.17) is 9.47 Å². The van der Waals surface area contributed by atoms with Crippen molar-refractivity contribution in [3.63, 3.8) is 0 Å². The van der Waals surface area contributed by atoms with E-state index in [0.717, 1.165) is 5.56 Å². The molecule has 2 aliphatic rings. The van der Waals surface area contributed by atoms with Gasteiger partial charge in [0.15, 0.2) is 0 Å². The van der Waals surface area contributed by atoms with Gasteiger partial charge in [0.2, 0.25) is 5.91 Å². The normalized spacial score (nSPS) is 20.4. The van der Waals surface area contributed by atoms with E-state index >= 15 is 0 Å². The lowest BCUT2D eigenvalue weighted by molar-refractivity contribution is -0.161. The molecule has 0 aromatic heterocycles. The molecule has 0 N–H and O–H groups in total. The van der Waals surface area contributed by atoms with Crippen molar-refractivity contribution in [3.8, 4) is 0 Å². The lowest BCUT2D eigenvalue weighted by Gasteiger charge is -2.43. The van der Waals surface area contributed by atoms with Crippen LogP contribution in [-0.2, 0) is 25.6 Å². The van der Waals surface area contributed by atoms with Crippen LogP contribution in [0.25, 0.3) is 0 Å². The number of likely N-dealkylation sites (tertiary alicyclic amines) is 1. The molecule has 7 heteroatoms. The van der Waals surface area contributed by atoms with Crippen molar-refractivity contribution in [2.24, 2.45) is 11.3 Å². The van der Waals surface area contributed by atoms with Crippen LogP contribution in [-0.4, -0.2) is 48.0 Å². The minimum Gasteiger partial charge on any atom is -0.468 e. The quantitative estimate of drug-likeness (QED) is 0.589. The van der Waals surface area contributed by atoms with E-state index in [1.165, 1.54) is 12.0 Å². The number of rotatable bonds is 4. The number of nitrogens with zero attached hydrogens (tertiary/aromatic N) is 2. The van der Waals surface area contributed by atoms with Crippen LogP contribution in [0.2, 0.25) is 0 Å². The van der Waals surface area contributed by atoms with Gasteiger partial charge in [-0.3, -0.25) is 14.5 Å². The number of amides is 2. The summed E-state index contributed by atoms with van der Waals surface area (Å²) in [6, 6.07) is 9.64. The van der Waals surface area contributed by atoms with Gasteiger partial charge in [0.25, 0.3) is 0 Å². The summed E-state index contributed by atoms with van der Waals surface area (Å²) in [6.07, 6.45) is 6.59. The Balaban J connectivity index is 1.83. The number of allylic oxidation sites excluding steroid dienone is 2. The van der Waals surface area contributed by atoms with Crippen LogP contribution in [0.4, 0.5) is 4.79 Å². The maximum absolute atomic E-state index is 13.2. The molecule has 3 rings (SSSR count). The molecule has 28 heavy (non-hydrogen) atoms. The molecule has 0 bridgehead atoms. The smallest absolute Gasteiger partial charge is 0.417 e. The van der Waals surface area contributed by atoms with Crippen molar-refractivity contribution >= 4 is 18.0 Å². The summed E-state index contributed by atoms with van der Waals surface area (Å²) in [6.45, 7) is 2.92. The van der Waals surface area contributed by atoms with Gasteiger partial charge in [-0.25, -0.2) is 4.79 Å². The zero-order valence-electron chi connectivity index (χ0n) is 16.0. The largest absolute Gasteiger partial charge is 0.468 e.